The van der Waals surface area contributed by atoms with Gasteiger partial charge in [-0.3, -0.25) is 0 Å². The molecule has 0 saturated heterocycles. The summed E-state index contributed by atoms with van der Waals surface area (Å²) < 4.78 is 13.4. The third-order valence-electron chi connectivity index (χ3n) is 1.96. The molecule has 1 aromatic carbocycles. The molecule has 72 valence electrons. The summed E-state index contributed by atoms with van der Waals surface area (Å²) in [5.41, 5.74) is 2.05. The zero-order valence-electron chi connectivity index (χ0n) is 7.30. The number of imidazole rings is 1. The number of aromatic amines is 1. The van der Waals surface area contributed by atoms with E-state index in [-0.39, 0.29) is 5.82 Å². The number of nitrogens with zero attached hydrogens (tertiary/aromatic N) is 1. The Balaban J connectivity index is 2.19. The Labute approximate surface area is 89.3 Å². The van der Waals surface area contributed by atoms with E-state index in [1.807, 2.05) is 0 Å². The monoisotopic (exact) mass is 254 g/mol. The summed E-state index contributed by atoms with van der Waals surface area (Å²) in [6, 6.07) is 6.45. The van der Waals surface area contributed by atoms with E-state index >= 15 is 0 Å². The van der Waals surface area contributed by atoms with Crippen molar-refractivity contribution in [3.63, 3.8) is 0 Å². The maximum atomic E-state index is 12.6. The summed E-state index contributed by atoms with van der Waals surface area (Å²) >= 11 is 3.32. The van der Waals surface area contributed by atoms with Gasteiger partial charge in [-0.05, 0) is 33.6 Å². The Morgan fingerprint density at radius 3 is 2.57 bits per heavy atom. The standard InChI is InChI=1S/C10H8BrFN2/c11-10-9(13-6-14-10)5-7-1-3-8(12)4-2-7/h1-4,6H,5H2,(H,13,14). The molecule has 1 N–H and O–H groups in total. The first-order valence-corrected chi connectivity index (χ1v) is 4.97. The smallest absolute Gasteiger partial charge is 0.127 e. The van der Waals surface area contributed by atoms with Gasteiger partial charge in [0.1, 0.15) is 10.4 Å². The van der Waals surface area contributed by atoms with Crippen molar-refractivity contribution >= 4 is 15.9 Å². The lowest BCUT2D eigenvalue weighted by Crippen LogP contribution is -1.89. The topological polar surface area (TPSA) is 28.7 Å². The number of rotatable bonds is 2. The zero-order chi connectivity index (χ0) is 9.97. The number of hydrogen-bond acceptors (Lipinski definition) is 1. The van der Waals surface area contributed by atoms with Crippen molar-refractivity contribution in [2.75, 3.05) is 0 Å². The highest BCUT2D eigenvalue weighted by molar-refractivity contribution is 9.10. The quantitative estimate of drug-likeness (QED) is 0.878. The maximum absolute atomic E-state index is 12.6. The summed E-state index contributed by atoms with van der Waals surface area (Å²) in [5.74, 6) is -0.211. The van der Waals surface area contributed by atoms with Gasteiger partial charge >= 0.3 is 0 Å². The van der Waals surface area contributed by atoms with Crippen molar-refractivity contribution in [3.8, 4) is 0 Å². The number of H-pyrrole nitrogens is 1. The molecule has 0 unspecified atom stereocenters. The van der Waals surface area contributed by atoms with Gasteiger partial charge in [-0.25, -0.2) is 9.37 Å². The van der Waals surface area contributed by atoms with Crippen LogP contribution in [-0.4, -0.2) is 9.97 Å². The van der Waals surface area contributed by atoms with Gasteiger partial charge in [0, 0.05) is 6.42 Å². The van der Waals surface area contributed by atoms with E-state index in [1.54, 1.807) is 18.5 Å². The number of nitrogens with one attached hydrogen (secondary N) is 1. The molecule has 14 heavy (non-hydrogen) atoms. The molecule has 0 aliphatic heterocycles. The second-order valence-electron chi connectivity index (χ2n) is 2.98. The van der Waals surface area contributed by atoms with Crippen molar-refractivity contribution < 1.29 is 4.39 Å². The first kappa shape index (κ1) is 9.40. The molecule has 0 atom stereocenters. The third-order valence-corrected chi connectivity index (χ3v) is 2.64. The highest BCUT2D eigenvalue weighted by atomic mass is 79.9. The lowest BCUT2D eigenvalue weighted by Gasteiger charge is -1.99. The summed E-state index contributed by atoms with van der Waals surface area (Å²) in [6.45, 7) is 0. The second kappa shape index (κ2) is 3.92. The summed E-state index contributed by atoms with van der Waals surface area (Å²) in [5, 5.41) is 0. The van der Waals surface area contributed by atoms with E-state index < -0.39 is 0 Å². The summed E-state index contributed by atoms with van der Waals surface area (Å²) in [6.07, 6.45) is 2.35. The Kier molecular flexibility index (Phi) is 2.63. The van der Waals surface area contributed by atoms with E-state index in [2.05, 4.69) is 25.9 Å². The Morgan fingerprint density at radius 1 is 1.29 bits per heavy atom. The third kappa shape index (κ3) is 2.01. The molecule has 0 spiro atoms. The SMILES string of the molecule is Fc1ccc(Cc2[nH]cnc2Br)cc1. The minimum absolute atomic E-state index is 0.211. The van der Waals surface area contributed by atoms with Crippen LogP contribution in [0.3, 0.4) is 0 Å². The van der Waals surface area contributed by atoms with Crippen molar-refractivity contribution in [1.82, 2.24) is 9.97 Å². The van der Waals surface area contributed by atoms with Gasteiger partial charge in [-0.2, -0.15) is 0 Å². The van der Waals surface area contributed by atoms with Crippen molar-refractivity contribution in [2.45, 2.75) is 6.42 Å². The minimum Gasteiger partial charge on any atom is -0.347 e. The molecule has 0 radical (unpaired) electrons. The van der Waals surface area contributed by atoms with Gasteiger partial charge < -0.3 is 4.98 Å². The average molecular weight is 255 g/mol. The van der Waals surface area contributed by atoms with Crippen LogP contribution >= 0.6 is 15.9 Å². The molecule has 0 aliphatic rings. The predicted molar refractivity (Wildman–Crippen MR) is 55.5 cm³/mol. The van der Waals surface area contributed by atoms with E-state index in [4.69, 9.17) is 0 Å². The van der Waals surface area contributed by atoms with E-state index in [1.165, 1.54) is 12.1 Å². The molecule has 1 aromatic heterocycles. The van der Waals surface area contributed by atoms with Crippen LogP contribution in [0.5, 0.6) is 0 Å². The molecular weight excluding hydrogens is 247 g/mol. The number of benzene rings is 1. The minimum atomic E-state index is -0.211. The number of halogens is 2. The fourth-order valence-corrected chi connectivity index (χ4v) is 1.59. The Hall–Kier alpha value is -1.16. The largest absolute Gasteiger partial charge is 0.347 e. The molecule has 1 heterocycles. The molecule has 0 amide bonds. The number of hydrogen-bond donors (Lipinski definition) is 1. The van der Waals surface area contributed by atoms with Crippen LogP contribution in [-0.2, 0) is 6.42 Å². The zero-order valence-corrected chi connectivity index (χ0v) is 8.88. The van der Waals surface area contributed by atoms with Crippen molar-refractivity contribution in [2.24, 2.45) is 0 Å². The molecular formula is C10H8BrFN2. The van der Waals surface area contributed by atoms with Gasteiger partial charge in [0.15, 0.2) is 0 Å². The number of aromatic nitrogens is 2. The van der Waals surface area contributed by atoms with Crippen LogP contribution in [0.1, 0.15) is 11.3 Å². The van der Waals surface area contributed by atoms with Crippen LogP contribution in [0.15, 0.2) is 35.2 Å². The van der Waals surface area contributed by atoms with Gasteiger partial charge in [0.25, 0.3) is 0 Å². The van der Waals surface area contributed by atoms with Gasteiger partial charge in [0.2, 0.25) is 0 Å². The van der Waals surface area contributed by atoms with Gasteiger partial charge in [-0.15, -0.1) is 0 Å². The molecule has 2 nitrogen and oxygen atoms in total. The average Bonchev–Trinajstić information content (AvgIpc) is 2.56. The summed E-state index contributed by atoms with van der Waals surface area (Å²) in [4.78, 5) is 7.03. The molecule has 0 aliphatic carbocycles. The highest BCUT2D eigenvalue weighted by Gasteiger charge is 2.03. The Morgan fingerprint density at radius 2 is 2.00 bits per heavy atom. The van der Waals surface area contributed by atoms with Gasteiger partial charge in [0.05, 0.1) is 12.0 Å². The fraction of sp³-hybridized carbons (Fsp3) is 0.100. The van der Waals surface area contributed by atoms with Gasteiger partial charge in [-0.1, -0.05) is 12.1 Å². The Bertz CT molecular complexity index is 422. The van der Waals surface area contributed by atoms with E-state index in [0.29, 0.717) is 0 Å². The second-order valence-corrected chi connectivity index (χ2v) is 3.73. The van der Waals surface area contributed by atoms with E-state index in [9.17, 15) is 4.39 Å². The fourth-order valence-electron chi connectivity index (χ4n) is 1.23. The maximum Gasteiger partial charge on any atom is 0.127 e. The van der Waals surface area contributed by atoms with Crippen LogP contribution in [0.25, 0.3) is 0 Å². The highest BCUT2D eigenvalue weighted by Crippen LogP contribution is 2.15. The normalized spacial score (nSPS) is 10.4. The molecule has 0 fully saturated rings. The lowest BCUT2D eigenvalue weighted by atomic mass is 10.1. The van der Waals surface area contributed by atoms with Crippen LogP contribution < -0.4 is 0 Å². The van der Waals surface area contributed by atoms with Crippen LogP contribution in [0, 0.1) is 5.82 Å². The first-order chi connectivity index (χ1) is 6.75. The van der Waals surface area contributed by atoms with E-state index in [0.717, 1.165) is 22.3 Å². The lowest BCUT2D eigenvalue weighted by molar-refractivity contribution is 0.627. The molecule has 0 saturated carbocycles. The van der Waals surface area contributed by atoms with Crippen LogP contribution in [0.2, 0.25) is 0 Å². The van der Waals surface area contributed by atoms with Crippen molar-refractivity contribution in [1.29, 1.82) is 0 Å². The first-order valence-electron chi connectivity index (χ1n) is 4.18. The summed E-state index contributed by atoms with van der Waals surface area (Å²) in [7, 11) is 0. The van der Waals surface area contributed by atoms with Crippen molar-refractivity contribution in [3.05, 3.63) is 52.3 Å². The molecule has 2 rings (SSSR count). The van der Waals surface area contributed by atoms with Crippen LogP contribution in [0.4, 0.5) is 4.39 Å². The predicted octanol–water partition coefficient (Wildman–Crippen LogP) is 2.90. The molecule has 4 heteroatoms. The molecule has 2 aromatic rings. The molecule has 0 bridgehead atoms.